The number of benzene rings is 1. The largest absolute Gasteiger partial charge is 0.416 e. The molecule has 0 spiro atoms. The van der Waals surface area contributed by atoms with Gasteiger partial charge in [0.05, 0.1) is 11.6 Å². The van der Waals surface area contributed by atoms with Crippen molar-refractivity contribution in [2.45, 2.75) is 39.2 Å². The topological polar surface area (TPSA) is 93.2 Å². The number of anilines is 2. The van der Waals surface area contributed by atoms with Gasteiger partial charge in [0.1, 0.15) is 11.6 Å². The maximum atomic E-state index is 13.1. The van der Waals surface area contributed by atoms with Gasteiger partial charge < -0.3 is 16.4 Å². The molecule has 1 aromatic carbocycles. The van der Waals surface area contributed by atoms with E-state index >= 15 is 0 Å². The molecular weight excluding hydrogens is 359 g/mol. The number of hydrogen-bond donors (Lipinski definition) is 3. The van der Waals surface area contributed by atoms with Gasteiger partial charge in [0.25, 0.3) is 5.78 Å². The molecule has 4 N–H and O–H groups in total. The number of fused-ring (bicyclic) bond motifs is 3. The zero-order chi connectivity index (χ0) is 19.3. The summed E-state index contributed by atoms with van der Waals surface area (Å²) in [5.74, 6) is 1.77. The van der Waals surface area contributed by atoms with E-state index in [0.29, 0.717) is 30.2 Å². The lowest BCUT2D eigenvalue weighted by atomic mass is 10.0. The molecule has 0 radical (unpaired) electrons. The van der Waals surface area contributed by atoms with Gasteiger partial charge in [0.2, 0.25) is 0 Å². The molecular formula is C17H18F3N7. The van der Waals surface area contributed by atoms with Crippen molar-refractivity contribution in [3.8, 4) is 0 Å². The molecule has 3 heterocycles. The Balaban J connectivity index is 1.72. The van der Waals surface area contributed by atoms with Crippen molar-refractivity contribution in [3.05, 3.63) is 46.4 Å². The van der Waals surface area contributed by atoms with Crippen LogP contribution in [0.1, 0.15) is 41.2 Å². The van der Waals surface area contributed by atoms with E-state index in [1.165, 1.54) is 6.07 Å². The van der Waals surface area contributed by atoms with Gasteiger partial charge >= 0.3 is 6.18 Å². The number of aryl methyl sites for hydroxylation is 1. The average molecular weight is 377 g/mol. The summed E-state index contributed by atoms with van der Waals surface area (Å²) in [5, 5.41) is 14.6. The molecule has 0 aliphatic carbocycles. The number of nitrogens with one attached hydrogen (secondary N) is 2. The van der Waals surface area contributed by atoms with Crippen LogP contribution in [0.3, 0.4) is 0 Å². The standard InChI is InChI=1S/C17H18F3N7/c1-8(10-3-11(17(18,19)20)5-12(21)4-10)23-15-13-6-22-7-14(13)27-9(2)25-26-16(27)24-15/h3-5,8,22H,6-7,21H2,1-2H3,(H,23,24,26)/t8-/m1/s1. The lowest BCUT2D eigenvalue weighted by Gasteiger charge is -2.19. The molecule has 1 aliphatic heterocycles. The summed E-state index contributed by atoms with van der Waals surface area (Å²) in [4.78, 5) is 4.51. The van der Waals surface area contributed by atoms with Crippen LogP contribution in [0.5, 0.6) is 0 Å². The van der Waals surface area contributed by atoms with Crippen LogP contribution in [0, 0.1) is 6.92 Å². The van der Waals surface area contributed by atoms with Crippen molar-refractivity contribution in [2.24, 2.45) is 0 Å². The molecule has 4 rings (SSSR count). The average Bonchev–Trinajstić information content (AvgIpc) is 3.20. The smallest absolute Gasteiger partial charge is 0.399 e. The number of nitrogens with zero attached hydrogens (tertiary/aromatic N) is 4. The molecule has 1 atom stereocenters. The van der Waals surface area contributed by atoms with Crippen LogP contribution in [0.2, 0.25) is 0 Å². The number of rotatable bonds is 3. The molecule has 10 heteroatoms. The van der Waals surface area contributed by atoms with E-state index in [4.69, 9.17) is 5.73 Å². The van der Waals surface area contributed by atoms with Gasteiger partial charge in [0.15, 0.2) is 0 Å². The Morgan fingerprint density at radius 3 is 2.74 bits per heavy atom. The minimum Gasteiger partial charge on any atom is -0.399 e. The third-order valence-corrected chi connectivity index (χ3v) is 4.68. The summed E-state index contributed by atoms with van der Waals surface area (Å²) in [5.41, 5.74) is 7.37. The van der Waals surface area contributed by atoms with Gasteiger partial charge in [-0.3, -0.25) is 4.40 Å². The van der Waals surface area contributed by atoms with Crippen molar-refractivity contribution in [3.63, 3.8) is 0 Å². The summed E-state index contributed by atoms with van der Waals surface area (Å²) >= 11 is 0. The first-order chi connectivity index (χ1) is 12.7. The number of alkyl halides is 3. The fourth-order valence-electron chi connectivity index (χ4n) is 3.35. The fourth-order valence-corrected chi connectivity index (χ4v) is 3.35. The zero-order valence-electron chi connectivity index (χ0n) is 14.7. The van der Waals surface area contributed by atoms with Gasteiger partial charge in [-0.2, -0.15) is 18.2 Å². The Hall–Kier alpha value is -2.88. The minimum atomic E-state index is -4.45. The predicted molar refractivity (Wildman–Crippen MR) is 94.0 cm³/mol. The Kier molecular flexibility index (Phi) is 3.95. The van der Waals surface area contributed by atoms with E-state index in [2.05, 4.69) is 25.8 Å². The van der Waals surface area contributed by atoms with Crippen molar-refractivity contribution >= 4 is 17.3 Å². The monoisotopic (exact) mass is 377 g/mol. The van der Waals surface area contributed by atoms with Crippen LogP contribution in [0.25, 0.3) is 5.78 Å². The first kappa shape index (κ1) is 17.5. The highest BCUT2D eigenvalue weighted by Gasteiger charge is 2.31. The molecule has 1 aliphatic rings. The molecule has 0 fully saturated rings. The number of nitrogen functional groups attached to an aromatic ring is 1. The first-order valence-corrected chi connectivity index (χ1v) is 8.42. The van der Waals surface area contributed by atoms with Gasteiger partial charge in [-0.1, -0.05) is 0 Å². The molecule has 0 saturated carbocycles. The van der Waals surface area contributed by atoms with E-state index in [-0.39, 0.29) is 5.69 Å². The van der Waals surface area contributed by atoms with Crippen LogP contribution in [-0.4, -0.2) is 19.6 Å². The Morgan fingerprint density at radius 1 is 1.22 bits per heavy atom. The van der Waals surface area contributed by atoms with Crippen molar-refractivity contribution in [2.75, 3.05) is 11.1 Å². The van der Waals surface area contributed by atoms with Crippen LogP contribution in [0.15, 0.2) is 18.2 Å². The molecule has 2 aromatic heterocycles. The highest BCUT2D eigenvalue weighted by atomic mass is 19.4. The molecule has 27 heavy (non-hydrogen) atoms. The van der Waals surface area contributed by atoms with Crippen LogP contribution in [-0.2, 0) is 19.3 Å². The first-order valence-electron chi connectivity index (χ1n) is 8.42. The predicted octanol–water partition coefficient (Wildman–Crippen LogP) is 2.81. The molecule has 0 unspecified atom stereocenters. The highest BCUT2D eigenvalue weighted by molar-refractivity contribution is 5.56. The maximum Gasteiger partial charge on any atom is 0.416 e. The molecule has 0 saturated heterocycles. The highest BCUT2D eigenvalue weighted by Crippen LogP contribution is 2.34. The summed E-state index contributed by atoms with van der Waals surface area (Å²) in [6.07, 6.45) is -4.45. The number of hydrogen-bond acceptors (Lipinski definition) is 6. The van der Waals surface area contributed by atoms with Gasteiger partial charge in [-0.05, 0) is 37.6 Å². The summed E-state index contributed by atoms with van der Waals surface area (Å²) in [6.45, 7) is 4.87. The Morgan fingerprint density at radius 2 is 2.00 bits per heavy atom. The summed E-state index contributed by atoms with van der Waals surface area (Å²) < 4.78 is 41.1. The van der Waals surface area contributed by atoms with E-state index in [9.17, 15) is 13.2 Å². The van der Waals surface area contributed by atoms with Gasteiger partial charge in [-0.15, -0.1) is 10.2 Å². The summed E-state index contributed by atoms with van der Waals surface area (Å²) in [6, 6.07) is 3.14. The molecule has 0 bridgehead atoms. The van der Waals surface area contributed by atoms with E-state index in [0.717, 1.165) is 29.2 Å². The quantitative estimate of drug-likeness (QED) is 0.608. The minimum absolute atomic E-state index is 0.0665. The third kappa shape index (κ3) is 3.05. The molecule has 3 aromatic rings. The second kappa shape index (κ2) is 6.08. The maximum absolute atomic E-state index is 13.1. The third-order valence-electron chi connectivity index (χ3n) is 4.68. The van der Waals surface area contributed by atoms with E-state index < -0.39 is 17.8 Å². The molecule has 142 valence electrons. The SMILES string of the molecule is Cc1nnc2nc(N[C@H](C)c3cc(N)cc(C(F)(F)F)c3)c3c(n12)CNC3. The van der Waals surface area contributed by atoms with Crippen LogP contribution in [0.4, 0.5) is 24.7 Å². The lowest BCUT2D eigenvalue weighted by Crippen LogP contribution is -2.14. The van der Waals surface area contributed by atoms with E-state index in [1.807, 2.05) is 11.3 Å². The number of nitrogens with two attached hydrogens (primary N) is 1. The van der Waals surface area contributed by atoms with Crippen LogP contribution < -0.4 is 16.4 Å². The molecule has 7 nitrogen and oxygen atoms in total. The summed E-state index contributed by atoms with van der Waals surface area (Å²) in [7, 11) is 0. The zero-order valence-corrected chi connectivity index (χ0v) is 14.7. The van der Waals surface area contributed by atoms with Crippen LogP contribution >= 0.6 is 0 Å². The second-order valence-electron chi connectivity index (χ2n) is 6.62. The van der Waals surface area contributed by atoms with Gasteiger partial charge in [-0.25, -0.2) is 0 Å². The van der Waals surface area contributed by atoms with E-state index in [1.54, 1.807) is 6.92 Å². The second-order valence-corrected chi connectivity index (χ2v) is 6.62. The lowest BCUT2D eigenvalue weighted by molar-refractivity contribution is -0.137. The normalized spacial score (nSPS) is 15.1. The molecule has 0 amide bonds. The van der Waals surface area contributed by atoms with Gasteiger partial charge in [0, 0.05) is 30.0 Å². The number of aromatic nitrogens is 4. The Labute approximate surface area is 152 Å². The Bertz CT molecular complexity index is 1030. The fraction of sp³-hybridized carbons (Fsp3) is 0.353. The van der Waals surface area contributed by atoms with Crippen molar-refractivity contribution < 1.29 is 13.2 Å². The van der Waals surface area contributed by atoms with Crippen molar-refractivity contribution in [1.82, 2.24) is 24.9 Å². The number of halogens is 3. The van der Waals surface area contributed by atoms with Crippen molar-refractivity contribution in [1.29, 1.82) is 0 Å².